The maximum Gasteiger partial charge on any atom is 0.305 e. The zero-order chi connectivity index (χ0) is 13.3. The third-order valence-electron chi connectivity index (χ3n) is 2.28. The Morgan fingerprint density at radius 3 is 2.78 bits per heavy atom. The Hall–Kier alpha value is -1.96. The Morgan fingerprint density at radius 2 is 2.28 bits per heavy atom. The van der Waals surface area contributed by atoms with Crippen LogP contribution < -0.4 is 10.2 Å². The molecule has 0 aromatic carbocycles. The Kier molecular flexibility index (Phi) is 3.04. The summed E-state index contributed by atoms with van der Waals surface area (Å²) in [5.41, 5.74) is -0.563. The lowest BCUT2D eigenvalue weighted by Crippen LogP contribution is -2.42. The molecular formula is C10H12N4O3S. The second kappa shape index (κ2) is 4.37. The molecule has 0 unspecified atom stereocenters. The van der Waals surface area contributed by atoms with E-state index in [2.05, 4.69) is 20.4 Å². The summed E-state index contributed by atoms with van der Waals surface area (Å²) in [6, 6.07) is 0. The van der Waals surface area contributed by atoms with Gasteiger partial charge in [0.25, 0.3) is 5.91 Å². The number of nitrogens with one attached hydrogen (secondary N) is 2. The molecule has 2 rings (SSSR count). The molecule has 1 amide bonds. The van der Waals surface area contributed by atoms with Crippen molar-refractivity contribution in [3.05, 3.63) is 32.5 Å². The first kappa shape index (κ1) is 12.5. The number of aryl methyl sites for hydroxylation is 1. The molecule has 0 atom stereocenters. The summed E-state index contributed by atoms with van der Waals surface area (Å²) in [5, 5.41) is 7.96. The van der Waals surface area contributed by atoms with Crippen LogP contribution in [-0.4, -0.2) is 21.0 Å². The van der Waals surface area contributed by atoms with Crippen molar-refractivity contribution in [3.8, 4) is 0 Å². The number of nitrogens with zero attached hydrogens (tertiary/aromatic N) is 2. The zero-order valence-corrected chi connectivity index (χ0v) is 10.9. The molecule has 2 N–H and O–H groups in total. The van der Waals surface area contributed by atoms with Crippen LogP contribution >= 0.6 is 11.3 Å². The van der Waals surface area contributed by atoms with E-state index in [4.69, 9.17) is 4.52 Å². The maximum absolute atomic E-state index is 11.9. The number of hydrogen-bond donors (Lipinski definition) is 2. The van der Waals surface area contributed by atoms with Crippen LogP contribution in [0, 0.1) is 6.92 Å². The van der Waals surface area contributed by atoms with Crippen LogP contribution in [0.15, 0.2) is 14.7 Å². The molecule has 0 aliphatic rings. The summed E-state index contributed by atoms with van der Waals surface area (Å²) in [6.45, 7) is 5.17. The van der Waals surface area contributed by atoms with Crippen molar-refractivity contribution in [3.63, 3.8) is 0 Å². The van der Waals surface area contributed by atoms with E-state index in [0.717, 1.165) is 11.3 Å². The van der Waals surface area contributed by atoms with Crippen LogP contribution in [0.5, 0.6) is 0 Å². The summed E-state index contributed by atoms with van der Waals surface area (Å²) < 4.78 is 4.87. The Bertz CT molecular complexity index is 625. The summed E-state index contributed by atoms with van der Waals surface area (Å²) in [5.74, 6) is 0.419. The van der Waals surface area contributed by atoms with Gasteiger partial charge >= 0.3 is 4.87 Å². The molecule has 0 spiro atoms. The first-order valence-electron chi connectivity index (χ1n) is 5.19. The molecule has 0 fully saturated rings. The number of hydrogen-bond acceptors (Lipinski definition) is 6. The Morgan fingerprint density at radius 1 is 1.56 bits per heavy atom. The molecule has 0 aliphatic heterocycles. The summed E-state index contributed by atoms with van der Waals surface area (Å²) in [4.78, 5) is 29.1. The highest BCUT2D eigenvalue weighted by atomic mass is 32.1. The van der Waals surface area contributed by atoms with Gasteiger partial charge in [-0.15, -0.1) is 0 Å². The average Bonchev–Trinajstić information content (AvgIpc) is 2.86. The first-order chi connectivity index (χ1) is 8.38. The largest absolute Gasteiger partial charge is 0.340 e. The van der Waals surface area contributed by atoms with Crippen molar-refractivity contribution >= 4 is 17.2 Å². The third kappa shape index (κ3) is 2.48. The van der Waals surface area contributed by atoms with Crippen LogP contribution in [0.2, 0.25) is 0 Å². The molecule has 2 aromatic rings. The van der Waals surface area contributed by atoms with Gasteiger partial charge in [0, 0.05) is 12.3 Å². The van der Waals surface area contributed by atoms with Crippen molar-refractivity contribution in [1.29, 1.82) is 0 Å². The second-order valence-electron chi connectivity index (χ2n) is 4.28. The quantitative estimate of drug-likeness (QED) is 0.857. The van der Waals surface area contributed by atoms with Gasteiger partial charge in [-0.25, -0.2) is 0 Å². The molecule has 7 nitrogen and oxygen atoms in total. The Labute approximate surface area is 106 Å². The van der Waals surface area contributed by atoms with Crippen molar-refractivity contribution in [2.24, 2.45) is 0 Å². The van der Waals surface area contributed by atoms with E-state index in [1.54, 1.807) is 20.8 Å². The molecule has 2 aromatic heterocycles. The van der Waals surface area contributed by atoms with Crippen molar-refractivity contribution < 1.29 is 9.32 Å². The standard InChI is InChI=1S/C10H12N4O3S/c1-5-11-8(14-17-5)10(2,3)13-7(15)6-4-18-9(16)12-6/h4H,1-3H3,(H,12,16)(H,13,15). The number of carbonyl (C=O) groups excluding carboxylic acids is 1. The SMILES string of the molecule is Cc1nc(C(C)(C)NC(=O)c2csc(=O)[nH]2)no1. The fourth-order valence-corrected chi connectivity index (χ4v) is 1.91. The lowest BCUT2D eigenvalue weighted by Gasteiger charge is -2.21. The van der Waals surface area contributed by atoms with Gasteiger partial charge in [0.05, 0.1) is 5.54 Å². The number of carbonyl (C=O) groups is 1. The number of aromatic amines is 1. The van der Waals surface area contributed by atoms with Crippen molar-refractivity contribution in [1.82, 2.24) is 20.4 Å². The Balaban J connectivity index is 2.18. The first-order valence-corrected chi connectivity index (χ1v) is 6.07. The number of amides is 1. The maximum atomic E-state index is 11.9. The molecule has 8 heteroatoms. The number of aromatic nitrogens is 3. The minimum atomic E-state index is -0.784. The van der Waals surface area contributed by atoms with Gasteiger partial charge in [0.1, 0.15) is 5.69 Å². The normalized spacial score (nSPS) is 11.5. The molecule has 0 saturated carbocycles. The van der Waals surface area contributed by atoms with E-state index in [1.807, 2.05) is 0 Å². The molecule has 2 heterocycles. The van der Waals surface area contributed by atoms with Gasteiger partial charge in [-0.2, -0.15) is 4.98 Å². The summed E-state index contributed by atoms with van der Waals surface area (Å²) in [6.07, 6.45) is 0. The summed E-state index contributed by atoms with van der Waals surface area (Å²) in [7, 11) is 0. The van der Waals surface area contributed by atoms with Crippen LogP contribution in [-0.2, 0) is 5.54 Å². The highest BCUT2D eigenvalue weighted by Gasteiger charge is 2.29. The molecule has 0 saturated heterocycles. The van der Waals surface area contributed by atoms with Crippen LogP contribution in [0.4, 0.5) is 0 Å². The predicted molar refractivity (Wildman–Crippen MR) is 64.5 cm³/mol. The van der Waals surface area contributed by atoms with Crippen LogP contribution in [0.25, 0.3) is 0 Å². The molecular weight excluding hydrogens is 256 g/mol. The molecule has 0 bridgehead atoms. The average molecular weight is 268 g/mol. The lowest BCUT2D eigenvalue weighted by molar-refractivity contribution is 0.0903. The van der Waals surface area contributed by atoms with Gasteiger partial charge < -0.3 is 14.8 Å². The highest BCUT2D eigenvalue weighted by molar-refractivity contribution is 7.07. The van der Waals surface area contributed by atoms with Gasteiger partial charge in [-0.3, -0.25) is 9.59 Å². The third-order valence-corrected chi connectivity index (χ3v) is 2.95. The smallest absolute Gasteiger partial charge is 0.305 e. The topological polar surface area (TPSA) is 101 Å². The molecule has 18 heavy (non-hydrogen) atoms. The van der Waals surface area contributed by atoms with Gasteiger partial charge in [-0.1, -0.05) is 16.5 Å². The lowest BCUT2D eigenvalue weighted by atomic mass is 10.0. The van der Waals surface area contributed by atoms with E-state index >= 15 is 0 Å². The number of rotatable bonds is 3. The van der Waals surface area contributed by atoms with Crippen LogP contribution in [0.3, 0.4) is 0 Å². The fourth-order valence-electron chi connectivity index (χ4n) is 1.35. The predicted octanol–water partition coefficient (Wildman–Crippen LogP) is 0.793. The zero-order valence-electron chi connectivity index (χ0n) is 10.1. The summed E-state index contributed by atoms with van der Waals surface area (Å²) >= 11 is 0.937. The van der Waals surface area contributed by atoms with Crippen LogP contribution in [0.1, 0.15) is 36.1 Å². The van der Waals surface area contributed by atoms with Crippen molar-refractivity contribution in [2.45, 2.75) is 26.3 Å². The number of H-pyrrole nitrogens is 1. The van der Waals surface area contributed by atoms with E-state index in [1.165, 1.54) is 5.38 Å². The van der Waals surface area contributed by atoms with Gasteiger partial charge in [0.15, 0.2) is 5.82 Å². The molecule has 96 valence electrons. The van der Waals surface area contributed by atoms with E-state index in [0.29, 0.717) is 11.7 Å². The monoisotopic (exact) mass is 268 g/mol. The highest BCUT2D eigenvalue weighted by Crippen LogP contribution is 2.17. The van der Waals surface area contributed by atoms with Gasteiger partial charge in [0.2, 0.25) is 5.89 Å². The van der Waals surface area contributed by atoms with Crippen molar-refractivity contribution in [2.75, 3.05) is 0 Å². The fraction of sp³-hybridized carbons (Fsp3) is 0.400. The number of thiazole rings is 1. The minimum absolute atomic E-state index is 0.221. The van der Waals surface area contributed by atoms with E-state index < -0.39 is 5.54 Å². The molecule has 0 radical (unpaired) electrons. The second-order valence-corrected chi connectivity index (χ2v) is 5.12. The van der Waals surface area contributed by atoms with E-state index in [-0.39, 0.29) is 16.5 Å². The van der Waals surface area contributed by atoms with E-state index in [9.17, 15) is 9.59 Å². The molecule has 0 aliphatic carbocycles. The van der Waals surface area contributed by atoms with Gasteiger partial charge in [-0.05, 0) is 13.8 Å². The minimum Gasteiger partial charge on any atom is -0.340 e.